The molecule has 6 nitrogen and oxygen atoms in total. The van der Waals surface area contributed by atoms with E-state index in [0.29, 0.717) is 11.5 Å². The molecule has 0 saturated heterocycles. The Balaban J connectivity index is 2.17. The minimum atomic E-state index is -0.299. The number of nitrogen functional groups attached to an aromatic ring is 1. The summed E-state index contributed by atoms with van der Waals surface area (Å²) >= 11 is 0. The average molecular weight is 230 g/mol. The summed E-state index contributed by atoms with van der Waals surface area (Å²) in [5, 5.41) is 11.6. The Morgan fingerprint density at radius 2 is 1.88 bits per heavy atom. The van der Waals surface area contributed by atoms with Crippen LogP contribution in [-0.4, -0.2) is 24.8 Å². The van der Waals surface area contributed by atoms with Gasteiger partial charge in [0, 0.05) is 5.56 Å². The Kier molecular flexibility index (Phi) is 1.97. The van der Waals surface area contributed by atoms with Gasteiger partial charge in [0.25, 0.3) is 5.78 Å². The standard InChI is InChI=1S/C10H7FN6/c11-7-3-1-6(2-4-7)8-5-13-10-15-14-9(12)17(10)16-8/h1-5H,(H2,12,14). The van der Waals surface area contributed by atoms with Crippen molar-refractivity contribution in [2.45, 2.75) is 0 Å². The molecule has 1 aromatic carbocycles. The van der Waals surface area contributed by atoms with Gasteiger partial charge in [0.1, 0.15) is 11.5 Å². The molecule has 3 rings (SSSR count). The SMILES string of the molecule is Nc1nnc2ncc(-c3ccc(F)cc3)nn12. The minimum Gasteiger partial charge on any atom is -0.366 e. The van der Waals surface area contributed by atoms with Crippen LogP contribution in [0.4, 0.5) is 10.3 Å². The lowest BCUT2D eigenvalue weighted by Gasteiger charge is -2.00. The zero-order valence-electron chi connectivity index (χ0n) is 8.58. The van der Waals surface area contributed by atoms with E-state index in [4.69, 9.17) is 5.73 Å². The summed E-state index contributed by atoms with van der Waals surface area (Å²) in [6, 6.07) is 5.95. The first-order chi connectivity index (χ1) is 8.24. The molecule has 0 amide bonds. The van der Waals surface area contributed by atoms with Crippen LogP contribution >= 0.6 is 0 Å². The molecule has 3 aromatic rings. The van der Waals surface area contributed by atoms with E-state index in [0.717, 1.165) is 5.56 Å². The first-order valence-corrected chi connectivity index (χ1v) is 4.84. The van der Waals surface area contributed by atoms with Gasteiger partial charge < -0.3 is 5.73 Å². The van der Waals surface area contributed by atoms with Crippen LogP contribution in [0.5, 0.6) is 0 Å². The molecule has 7 heteroatoms. The van der Waals surface area contributed by atoms with Gasteiger partial charge in [0.15, 0.2) is 0 Å². The number of halogens is 1. The van der Waals surface area contributed by atoms with Gasteiger partial charge in [0.2, 0.25) is 5.95 Å². The summed E-state index contributed by atoms with van der Waals surface area (Å²) in [6.07, 6.45) is 1.54. The summed E-state index contributed by atoms with van der Waals surface area (Å²) in [4.78, 5) is 4.05. The molecule has 0 aliphatic rings. The number of nitrogens with zero attached hydrogens (tertiary/aromatic N) is 5. The van der Waals surface area contributed by atoms with Crippen molar-refractivity contribution in [3.63, 3.8) is 0 Å². The maximum absolute atomic E-state index is 12.8. The lowest BCUT2D eigenvalue weighted by molar-refractivity contribution is 0.628. The van der Waals surface area contributed by atoms with Crippen molar-refractivity contribution >= 4 is 11.7 Å². The summed E-state index contributed by atoms with van der Waals surface area (Å²) < 4.78 is 14.1. The van der Waals surface area contributed by atoms with Crippen LogP contribution in [0.3, 0.4) is 0 Å². The van der Waals surface area contributed by atoms with Crippen LogP contribution < -0.4 is 5.73 Å². The molecule has 0 spiro atoms. The summed E-state index contributed by atoms with van der Waals surface area (Å²) in [5.41, 5.74) is 6.89. The van der Waals surface area contributed by atoms with E-state index in [-0.39, 0.29) is 11.8 Å². The Labute approximate surface area is 94.9 Å². The zero-order valence-corrected chi connectivity index (χ0v) is 8.58. The molecule has 0 aliphatic heterocycles. The smallest absolute Gasteiger partial charge is 0.273 e. The number of benzene rings is 1. The van der Waals surface area contributed by atoms with E-state index in [1.54, 1.807) is 12.1 Å². The number of aromatic nitrogens is 5. The highest BCUT2D eigenvalue weighted by molar-refractivity contribution is 5.58. The van der Waals surface area contributed by atoms with Gasteiger partial charge in [-0.05, 0) is 24.3 Å². The Morgan fingerprint density at radius 1 is 1.12 bits per heavy atom. The van der Waals surface area contributed by atoms with Crippen LogP contribution in [0.1, 0.15) is 0 Å². The molecule has 0 unspecified atom stereocenters. The molecule has 84 valence electrons. The molecule has 2 aromatic heterocycles. The first-order valence-electron chi connectivity index (χ1n) is 4.84. The van der Waals surface area contributed by atoms with E-state index in [1.165, 1.54) is 22.8 Å². The Bertz CT molecular complexity index is 675. The van der Waals surface area contributed by atoms with Crippen LogP contribution in [0, 0.1) is 5.82 Å². The van der Waals surface area contributed by atoms with Gasteiger partial charge in [-0.25, -0.2) is 9.37 Å². The van der Waals surface area contributed by atoms with Gasteiger partial charge in [-0.2, -0.15) is 9.61 Å². The maximum atomic E-state index is 12.8. The van der Waals surface area contributed by atoms with Crippen molar-refractivity contribution in [1.29, 1.82) is 0 Å². The molecule has 0 bridgehead atoms. The molecule has 17 heavy (non-hydrogen) atoms. The van der Waals surface area contributed by atoms with Gasteiger partial charge in [-0.1, -0.05) is 0 Å². The Morgan fingerprint density at radius 3 is 2.65 bits per heavy atom. The third-order valence-corrected chi connectivity index (χ3v) is 2.30. The quantitative estimate of drug-likeness (QED) is 0.671. The van der Waals surface area contributed by atoms with Crippen molar-refractivity contribution in [3.8, 4) is 11.3 Å². The molecular weight excluding hydrogens is 223 g/mol. The van der Waals surface area contributed by atoms with E-state index in [2.05, 4.69) is 20.3 Å². The van der Waals surface area contributed by atoms with Crippen molar-refractivity contribution in [3.05, 3.63) is 36.3 Å². The first kappa shape index (κ1) is 9.64. The second kappa shape index (κ2) is 3.48. The second-order valence-electron chi connectivity index (χ2n) is 3.42. The van der Waals surface area contributed by atoms with Crippen LogP contribution in [0.2, 0.25) is 0 Å². The molecule has 0 atom stereocenters. The van der Waals surface area contributed by atoms with Crippen LogP contribution in [0.25, 0.3) is 17.0 Å². The van der Waals surface area contributed by atoms with Crippen molar-refractivity contribution in [2.75, 3.05) is 5.73 Å². The number of nitrogens with two attached hydrogens (primary N) is 1. The fourth-order valence-corrected chi connectivity index (χ4v) is 1.46. The number of rotatable bonds is 1. The van der Waals surface area contributed by atoms with Gasteiger partial charge in [-0.15, -0.1) is 10.2 Å². The summed E-state index contributed by atoms with van der Waals surface area (Å²) in [6.45, 7) is 0. The van der Waals surface area contributed by atoms with Crippen LogP contribution in [0.15, 0.2) is 30.5 Å². The van der Waals surface area contributed by atoms with E-state index in [1.807, 2.05) is 0 Å². The van der Waals surface area contributed by atoms with Crippen molar-refractivity contribution in [1.82, 2.24) is 24.8 Å². The fraction of sp³-hybridized carbons (Fsp3) is 0. The molecule has 0 fully saturated rings. The van der Waals surface area contributed by atoms with Gasteiger partial charge in [0.05, 0.1) is 6.20 Å². The number of hydrogen-bond acceptors (Lipinski definition) is 5. The topological polar surface area (TPSA) is 82.0 Å². The van der Waals surface area contributed by atoms with Gasteiger partial charge in [-0.3, -0.25) is 0 Å². The highest BCUT2D eigenvalue weighted by Crippen LogP contribution is 2.16. The molecule has 0 saturated carbocycles. The fourth-order valence-electron chi connectivity index (χ4n) is 1.46. The largest absolute Gasteiger partial charge is 0.366 e. The third-order valence-electron chi connectivity index (χ3n) is 2.30. The summed E-state index contributed by atoms with van der Waals surface area (Å²) in [7, 11) is 0. The van der Waals surface area contributed by atoms with Crippen molar-refractivity contribution in [2.24, 2.45) is 0 Å². The van der Waals surface area contributed by atoms with E-state index in [9.17, 15) is 4.39 Å². The summed E-state index contributed by atoms with van der Waals surface area (Å²) in [5.74, 6) is 0.191. The second-order valence-corrected chi connectivity index (χ2v) is 3.42. The van der Waals surface area contributed by atoms with E-state index >= 15 is 0 Å². The lowest BCUT2D eigenvalue weighted by atomic mass is 10.2. The highest BCUT2D eigenvalue weighted by atomic mass is 19.1. The predicted molar refractivity (Wildman–Crippen MR) is 58.4 cm³/mol. The molecular formula is C10H7FN6. The number of hydrogen-bond donors (Lipinski definition) is 1. The lowest BCUT2D eigenvalue weighted by Crippen LogP contribution is -2.01. The monoisotopic (exact) mass is 230 g/mol. The zero-order chi connectivity index (χ0) is 11.8. The number of anilines is 1. The van der Waals surface area contributed by atoms with Gasteiger partial charge >= 0.3 is 0 Å². The third kappa shape index (κ3) is 1.57. The van der Waals surface area contributed by atoms with Crippen molar-refractivity contribution < 1.29 is 4.39 Å². The predicted octanol–water partition coefficient (Wildman–Crippen LogP) is 0.908. The molecule has 2 heterocycles. The molecule has 0 aliphatic carbocycles. The molecule has 0 radical (unpaired) electrons. The normalized spacial score (nSPS) is 10.9. The highest BCUT2D eigenvalue weighted by Gasteiger charge is 2.06. The average Bonchev–Trinajstić information content (AvgIpc) is 2.72. The van der Waals surface area contributed by atoms with E-state index < -0.39 is 0 Å². The Hall–Kier alpha value is -2.57. The minimum absolute atomic E-state index is 0.163. The molecule has 2 N–H and O–H groups in total. The maximum Gasteiger partial charge on any atom is 0.273 e. The van der Waals surface area contributed by atoms with Crippen LogP contribution in [-0.2, 0) is 0 Å². The number of fused-ring (bicyclic) bond motifs is 1.